The van der Waals surface area contributed by atoms with Gasteiger partial charge in [0.05, 0.1) is 5.02 Å². The van der Waals surface area contributed by atoms with Crippen molar-refractivity contribution in [3.8, 4) is 11.3 Å². The van der Waals surface area contributed by atoms with Crippen LogP contribution < -0.4 is 5.32 Å². The topological polar surface area (TPSA) is 25.2 Å². The Labute approximate surface area is 129 Å². The van der Waals surface area contributed by atoms with Crippen LogP contribution in [0.25, 0.3) is 22.3 Å². The lowest BCUT2D eigenvalue weighted by Crippen LogP contribution is -2.12. The van der Waals surface area contributed by atoms with E-state index in [1.165, 1.54) is 11.1 Å². The van der Waals surface area contributed by atoms with Gasteiger partial charge < -0.3 is 9.73 Å². The van der Waals surface area contributed by atoms with E-state index >= 15 is 0 Å². The summed E-state index contributed by atoms with van der Waals surface area (Å²) in [5.74, 6) is 0.870. The first-order valence-electron chi connectivity index (χ1n) is 7.17. The SMILES string of the molecule is CCNCc1ccc(C)cc1-c1cc2cccc(Cl)c2o1. The van der Waals surface area contributed by atoms with E-state index in [0.717, 1.165) is 35.4 Å². The molecule has 0 amide bonds. The Morgan fingerprint density at radius 1 is 1.14 bits per heavy atom. The van der Waals surface area contributed by atoms with E-state index in [1.54, 1.807) is 0 Å². The number of nitrogens with one attached hydrogen (secondary N) is 1. The standard InChI is InChI=1S/C18H18ClNO/c1-3-20-11-14-8-7-12(2)9-15(14)17-10-13-5-4-6-16(19)18(13)21-17/h4-10,20H,3,11H2,1-2H3. The molecule has 0 bridgehead atoms. The van der Waals surface area contributed by atoms with Gasteiger partial charge in [0.1, 0.15) is 5.76 Å². The van der Waals surface area contributed by atoms with E-state index in [2.05, 4.69) is 43.4 Å². The summed E-state index contributed by atoms with van der Waals surface area (Å²) < 4.78 is 6.00. The van der Waals surface area contributed by atoms with Crippen molar-refractivity contribution in [2.75, 3.05) is 6.54 Å². The number of aryl methyl sites for hydroxylation is 1. The lowest BCUT2D eigenvalue weighted by Gasteiger charge is -2.09. The second kappa shape index (κ2) is 5.92. The van der Waals surface area contributed by atoms with Gasteiger partial charge in [-0.05, 0) is 37.2 Å². The van der Waals surface area contributed by atoms with E-state index in [-0.39, 0.29) is 0 Å². The van der Waals surface area contributed by atoms with Crippen LogP contribution in [0.4, 0.5) is 0 Å². The van der Waals surface area contributed by atoms with Crippen molar-refractivity contribution in [3.63, 3.8) is 0 Å². The highest BCUT2D eigenvalue weighted by atomic mass is 35.5. The van der Waals surface area contributed by atoms with Crippen LogP contribution in [-0.2, 0) is 6.54 Å². The van der Waals surface area contributed by atoms with Crippen LogP contribution in [0.1, 0.15) is 18.1 Å². The van der Waals surface area contributed by atoms with Gasteiger partial charge in [0.2, 0.25) is 0 Å². The van der Waals surface area contributed by atoms with Crippen LogP contribution >= 0.6 is 11.6 Å². The molecule has 0 saturated carbocycles. The maximum atomic E-state index is 6.21. The van der Waals surface area contributed by atoms with Crippen molar-refractivity contribution in [1.29, 1.82) is 0 Å². The quantitative estimate of drug-likeness (QED) is 0.719. The number of rotatable bonds is 4. The zero-order valence-electron chi connectivity index (χ0n) is 12.2. The molecule has 1 N–H and O–H groups in total. The van der Waals surface area contributed by atoms with Crippen molar-refractivity contribution in [2.45, 2.75) is 20.4 Å². The second-order valence-electron chi connectivity index (χ2n) is 5.21. The Morgan fingerprint density at radius 2 is 2.00 bits per heavy atom. The Kier molecular flexibility index (Phi) is 4.00. The number of hydrogen-bond donors (Lipinski definition) is 1. The predicted octanol–water partition coefficient (Wildman–Crippen LogP) is 5.17. The van der Waals surface area contributed by atoms with Crippen molar-refractivity contribution < 1.29 is 4.42 Å². The van der Waals surface area contributed by atoms with Crippen LogP contribution in [-0.4, -0.2) is 6.54 Å². The molecule has 0 aliphatic carbocycles. The van der Waals surface area contributed by atoms with Gasteiger partial charge >= 0.3 is 0 Å². The number of furan rings is 1. The summed E-state index contributed by atoms with van der Waals surface area (Å²) >= 11 is 6.21. The van der Waals surface area contributed by atoms with Gasteiger partial charge in [0.25, 0.3) is 0 Å². The molecule has 1 heterocycles. The Morgan fingerprint density at radius 3 is 2.76 bits per heavy atom. The number of halogens is 1. The van der Waals surface area contributed by atoms with Crippen LogP contribution in [0, 0.1) is 6.92 Å². The number of para-hydroxylation sites is 1. The lowest BCUT2D eigenvalue weighted by atomic mass is 10.0. The lowest BCUT2D eigenvalue weighted by molar-refractivity contribution is 0.629. The van der Waals surface area contributed by atoms with E-state index in [4.69, 9.17) is 16.0 Å². The zero-order chi connectivity index (χ0) is 14.8. The van der Waals surface area contributed by atoms with Crippen LogP contribution in [0.3, 0.4) is 0 Å². The molecular formula is C18H18ClNO. The highest BCUT2D eigenvalue weighted by Gasteiger charge is 2.12. The molecule has 0 spiro atoms. The summed E-state index contributed by atoms with van der Waals surface area (Å²) in [6.45, 7) is 5.97. The fourth-order valence-corrected chi connectivity index (χ4v) is 2.71. The van der Waals surface area contributed by atoms with E-state index in [1.807, 2.05) is 18.2 Å². The molecule has 3 heteroatoms. The average Bonchev–Trinajstić information content (AvgIpc) is 2.91. The minimum atomic E-state index is 0.652. The van der Waals surface area contributed by atoms with E-state index < -0.39 is 0 Å². The molecule has 3 aromatic rings. The first-order chi connectivity index (χ1) is 10.2. The number of fused-ring (bicyclic) bond motifs is 1. The van der Waals surface area contributed by atoms with Crippen molar-refractivity contribution >= 4 is 22.6 Å². The minimum Gasteiger partial charge on any atom is -0.455 e. The molecule has 21 heavy (non-hydrogen) atoms. The molecule has 3 rings (SSSR count). The monoisotopic (exact) mass is 299 g/mol. The van der Waals surface area contributed by atoms with Gasteiger partial charge in [-0.3, -0.25) is 0 Å². The van der Waals surface area contributed by atoms with Crippen molar-refractivity contribution in [3.05, 3.63) is 58.6 Å². The molecule has 2 aromatic carbocycles. The smallest absolute Gasteiger partial charge is 0.153 e. The minimum absolute atomic E-state index is 0.652. The molecule has 0 radical (unpaired) electrons. The molecule has 0 aliphatic heterocycles. The van der Waals surface area contributed by atoms with Gasteiger partial charge in [-0.15, -0.1) is 0 Å². The Balaban J connectivity index is 2.12. The Hall–Kier alpha value is -1.77. The molecule has 0 unspecified atom stereocenters. The molecule has 0 aliphatic rings. The highest BCUT2D eigenvalue weighted by Crippen LogP contribution is 2.34. The third-order valence-electron chi connectivity index (χ3n) is 3.59. The molecule has 0 atom stereocenters. The second-order valence-corrected chi connectivity index (χ2v) is 5.62. The van der Waals surface area contributed by atoms with Gasteiger partial charge in [0.15, 0.2) is 5.58 Å². The third kappa shape index (κ3) is 2.82. The Bertz CT molecular complexity index is 776. The van der Waals surface area contributed by atoms with Crippen LogP contribution in [0.5, 0.6) is 0 Å². The van der Waals surface area contributed by atoms with Gasteiger partial charge in [0, 0.05) is 17.5 Å². The summed E-state index contributed by atoms with van der Waals surface area (Å²) in [7, 11) is 0. The van der Waals surface area contributed by atoms with E-state index in [9.17, 15) is 0 Å². The molecular weight excluding hydrogens is 282 g/mol. The summed E-state index contributed by atoms with van der Waals surface area (Å²) in [5, 5.41) is 5.06. The fourth-order valence-electron chi connectivity index (χ4n) is 2.49. The fraction of sp³-hybridized carbons (Fsp3) is 0.222. The molecule has 2 nitrogen and oxygen atoms in total. The highest BCUT2D eigenvalue weighted by molar-refractivity contribution is 6.34. The first-order valence-corrected chi connectivity index (χ1v) is 7.55. The number of benzene rings is 2. The molecule has 1 aromatic heterocycles. The normalized spacial score (nSPS) is 11.2. The molecule has 108 valence electrons. The maximum Gasteiger partial charge on any atom is 0.153 e. The zero-order valence-corrected chi connectivity index (χ0v) is 13.0. The summed E-state index contributed by atoms with van der Waals surface area (Å²) in [6, 6.07) is 14.3. The first kappa shape index (κ1) is 14.2. The largest absolute Gasteiger partial charge is 0.455 e. The maximum absolute atomic E-state index is 6.21. The van der Waals surface area contributed by atoms with Gasteiger partial charge in [-0.25, -0.2) is 0 Å². The molecule has 0 saturated heterocycles. The third-order valence-corrected chi connectivity index (χ3v) is 3.89. The average molecular weight is 300 g/mol. The molecule has 0 fully saturated rings. The van der Waals surface area contributed by atoms with Gasteiger partial charge in [-0.2, -0.15) is 0 Å². The van der Waals surface area contributed by atoms with Crippen LogP contribution in [0.2, 0.25) is 5.02 Å². The van der Waals surface area contributed by atoms with Crippen molar-refractivity contribution in [1.82, 2.24) is 5.32 Å². The predicted molar refractivity (Wildman–Crippen MR) is 88.8 cm³/mol. The summed E-state index contributed by atoms with van der Waals surface area (Å²) in [4.78, 5) is 0. The van der Waals surface area contributed by atoms with E-state index in [0.29, 0.717) is 5.02 Å². The van der Waals surface area contributed by atoms with Crippen LogP contribution in [0.15, 0.2) is 46.9 Å². The number of hydrogen-bond acceptors (Lipinski definition) is 2. The van der Waals surface area contributed by atoms with Crippen molar-refractivity contribution in [2.24, 2.45) is 0 Å². The van der Waals surface area contributed by atoms with Gasteiger partial charge in [-0.1, -0.05) is 48.4 Å². The summed E-state index contributed by atoms with van der Waals surface area (Å²) in [6.07, 6.45) is 0. The summed E-state index contributed by atoms with van der Waals surface area (Å²) in [5.41, 5.74) is 4.34.